The van der Waals surface area contributed by atoms with Crippen molar-refractivity contribution in [3.63, 3.8) is 0 Å². The van der Waals surface area contributed by atoms with E-state index < -0.39 is 6.10 Å². The van der Waals surface area contributed by atoms with E-state index in [0.29, 0.717) is 19.7 Å². The van der Waals surface area contributed by atoms with E-state index in [-0.39, 0.29) is 0 Å². The van der Waals surface area contributed by atoms with E-state index in [4.69, 9.17) is 4.74 Å². The predicted molar refractivity (Wildman–Crippen MR) is 105 cm³/mol. The van der Waals surface area contributed by atoms with Crippen molar-refractivity contribution in [2.75, 3.05) is 19.7 Å². The highest BCUT2D eigenvalue weighted by Gasteiger charge is 2.15. The van der Waals surface area contributed by atoms with Gasteiger partial charge in [-0.25, -0.2) is 0 Å². The second-order valence-electron chi connectivity index (χ2n) is 6.98. The first-order valence-electron chi connectivity index (χ1n) is 9.51. The third kappa shape index (κ3) is 3.76. The van der Waals surface area contributed by atoms with Crippen LogP contribution in [0.25, 0.3) is 10.9 Å². The molecule has 136 valence electrons. The molecular formula is C22H26N2O2. The third-order valence-corrected chi connectivity index (χ3v) is 5.14. The molecule has 0 saturated heterocycles. The number of hydrogen-bond donors (Lipinski definition) is 3. The first kappa shape index (κ1) is 17.1. The van der Waals surface area contributed by atoms with Gasteiger partial charge in [0.1, 0.15) is 12.4 Å². The SMILES string of the molecule is OC(CNCCOc1ccc2c3c([nH]c2c1)CCCC3)c1ccccc1. The number of rotatable bonds is 7. The van der Waals surface area contributed by atoms with Crippen LogP contribution in [0.15, 0.2) is 48.5 Å². The highest BCUT2D eigenvalue weighted by atomic mass is 16.5. The zero-order valence-corrected chi connectivity index (χ0v) is 15.0. The van der Waals surface area contributed by atoms with Gasteiger partial charge in [0.05, 0.1) is 6.10 Å². The highest BCUT2D eigenvalue weighted by molar-refractivity contribution is 5.86. The van der Waals surface area contributed by atoms with Gasteiger partial charge >= 0.3 is 0 Å². The fourth-order valence-electron chi connectivity index (χ4n) is 3.76. The summed E-state index contributed by atoms with van der Waals surface area (Å²) in [7, 11) is 0. The van der Waals surface area contributed by atoms with Crippen molar-refractivity contribution in [3.8, 4) is 5.75 Å². The molecule has 26 heavy (non-hydrogen) atoms. The largest absolute Gasteiger partial charge is 0.492 e. The minimum atomic E-state index is -0.488. The standard InChI is InChI=1S/C22H26N2O2/c25-22(16-6-2-1-3-7-16)15-23-12-13-26-17-10-11-19-18-8-4-5-9-20(18)24-21(19)14-17/h1-3,6-7,10-11,14,22-25H,4-5,8-9,12-13,15H2. The van der Waals surface area contributed by atoms with Crippen LogP contribution in [0.3, 0.4) is 0 Å². The molecule has 4 rings (SSSR count). The molecule has 1 heterocycles. The van der Waals surface area contributed by atoms with E-state index in [1.54, 1.807) is 0 Å². The molecule has 1 atom stereocenters. The molecule has 4 heteroatoms. The van der Waals surface area contributed by atoms with Crippen molar-refractivity contribution in [1.82, 2.24) is 10.3 Å². The normalized spacial score (nSPS) is 15.0. The van der Waals surface area contributed by atoms with E-state index in [9.17, 15) is 5.11 Å². The van der Waals surface area contributed by atoms with Gasteiger partial charge in [0.25, 0.3) is 0 Å². The van der Waals surface area contributed by atoms with E-state index in [0.717, 1.165) is 17.7 Å². The molecule has 2 aromatic carbocycles. The van der Waals surface area contributed by atoms with Crippen LogP contribution in [0, 0.1) is 0 Å². The van der Waals surface area contributed by atoms with Gasteiger partial charge in [-0.3, -0.25) is 0 Å². The number of aliphatic hydroxyl groups is 1. The van der Waals surface area contributed by atoms with Gasteiger partial charge in [-0.2, -0.15) is 0 Å². The molecule has 0 spiro atoms. The van der Waals surface area contributed by atoms with Crippen molar-refractivity contribution < 1.29 is 9.84 Å². The Balaban J connectivity index is 1.27. The third-order valence-electron chi connectivity index (χ3n) is 5.14. The number of nitrogens with one attached hydrogen (secondary N) is 2. The average Bonchev–Trinajstić information content (AvgIpc) is 3.06. The van der Waals surface area contributed by atoms with Crippen LogP contribution in [0.5, 0.6) is 5.75 Å². The summed E-state index contributed by atoms with van der Waals surface area (Å²) in [5.41, 5.74) is 5.01. The minimum absolute atomic E-state index is 0.488. The van der Waals surface area contributed by atoms with Crippen molar-refractivity contribution in [2.45, 2.75) is 31.8 Å². The lowest BCUT2D eigenvalue weighted by atomic mass is 9.96. The van der Waals surface area contributed by atoms with Crippen LogP contribution in [0.4, 0.5) is 0 Å². The van der Waals surface area contributed by atoms with Crippen molar-refractivity contribution >= 4 is 10.9 Å². The number of hydrogen-bond acceptors (Lipinski definition) is 3. The van der Waals surface area contributed by atoms with Gasteiger partial charge in [0, 0.05) is 35.8 Å². The Kier molecular flexibility index (Phi) is 5.23. The first-order chi connectivity index (χ1) is 12.8. The molecule has 0 aliphatic heterocycles. The summed E-state index contributed by atoms with van der Waals surface area (Å²) in [4.78, 5) is 3.56. The molecule has 1 aliphatic rings. The van der Waals surface area contributed by atoms with Gasteiger partial charge in [0.15, 0.2) is 0 Å². The van der Waals surface area contributed by atoms with Crippen molar-refractivity contribution in [1.29, 1.82) is 0 Å². The molecule has 0 fully saturated rings. The summed E-state index contributed by atoms with van der Waals surface area (Å²) in [6.07, 6.45) is 4.43. The monoisotopic (exact) mass is 350 g/mol. The molecule has 0 saturated carbocycles. The number of aliphatic hydroxyl groups excluding tert-OH is 1. The van der Waals surface area contributed by atoms with Crippen molar-refractivity contribution in [3.05, 3.63) is 65.4 Å². The summed E-state index contributed by atoms with van der Waals surface area (Å²) in [5.74, 6) is 0.890. The van der Waals surface area contributed by atoms with Crippen molar-refractivity contribution in [2.24, 2.45) is 0 Å². The highest BCUT2D eigenvalue weighted by Crippen LogP contribution is 2.31. The number of benzene rings is 2. The smallest absolute Gasteiger partial charge is 0.121 e. The maximum absolute atomic E-state index is 10.1. The summed E-state index contributed by atoms with van der Waals surface area (Å²) in [6.45, 7) is 1.80. The Labute approximate surface area is 154 Å². The maximum Gasteiger partial charge on any atom is 0.121 e. The van der Waals surface area contributed by atoms with E-state index in [1.165, 1.54) is 41.4 Å². The van der Waals surface area contributed by atoms with E-state index in [1.807, 2.05) is 30.3 Å². The molecule has 0 amide bonds. The molecule has 3 aromatic rings. The second-order valence-corrected chi connectivity index (χ2v) is 6.98. The Morgan fingerprint density at radius 2 is 1.92 bits per heavy atom. The topological polar surface area (TPSA) is 57.3 Å². The Morgan fingerprint density at radius 3 is 2.81 bits per heavy atom. The van der Waals surface area contributed by atoms with E-state index in [2.05, 4.69) is 28.5 Å². The molecule has 0 bridgehead atoms. The molecule has 0 radical (unpaired) electrons. The number of aromatic nitrogens is 1. The number of aryl methyl sites for hydroxylation is 2. The van der Waals surface area contributed by atoms with Gasteiger partial charge < -0.3 is 20.1 Å². The number of ether oxygens (including phenoxy) is 1. The summed E-state index contributed by atoms with van der Waals surface area (Å²) >= 11 is 0. The maximum atomic E-state index is 10.1. The minimum Gasteiger partial charge on any atom is -0.492 e. The number of H-pyrrole nitrogens is 1. The summed E-state index contributed by atoms with van der Waals surface area (Å²) in [6, 6.07) is 16.1. The number of fused-ring (bicyclic) bond motifs is 3. The second kappa shape index (κ2) is 7.94. The molecule has 4 nitrogen and oxygen atoms in total. The van der Waals surface area contributed by atoms with Gasteiger partial charge in [0.2, 0.25) is 0 Å². The molecule has 1 aliphatic carbocycles. The van der Waals surface area contributed by atoms with Gasteiger partial charge in [-0.1, -0.05) is 30.3 Å². The molecule has 3 N–H and O–H groups in total. The summed E-state index contributed by atoms with van der Waals surface area (Å²) in [5, 5.41) is 14.7. The zero-order chi connectivity index (χ0) is 17.8. The van der Waals surface area contributed by atoms with Crippen LogP contribution >= 0.6 is 0 Å². The fraction of sp³-hybridized carbons (Fsp3) is 0.364. The molecule has 1 unspecified atom stereocenters. The Morgan fingerprint density at radius 1 is 1.08 bits per heavy atom. The molecule has 1 aromatic heterocycles. The van der Waals surface area contributed by atoms with E-state index >= 15 is 0 Å². The Hall–Kier alpha value is -2.30. The lowest BCUT2D eigenvalue weighted by molar-refractivity contribution is 0.172. The van der Waals surface area contributed by atoms with Gasteiger partial charge in [-0.05, 0) is 48.9 Å². The van der Waals surface area contributed by atoms with Gasteiger partial charge in [-0.15, -0.1) is 0 Å². The quantitative estimate of drug-likeness (QED) is 0.569. The lowest BCUT2D eigenvalue weighted by Crippen LogP contribution is -2.26. The first-order valence-corrected chi connectivity index (χ1v) is 9.51. The van der Waals surface area contributed by atoms with Crippen LogP contribution in [-0.2, 0) is 12.8 Å². The van der Waals surface area contributed by atoms with Crippen LogP contribution in [-0.4, -0.2) is 29.8 Å². The van der Waals surface area contributed by atoms with Crippen LogP contribution in [0.2, 0.25) is 0 Å². The fourth-order valence-corrected chi connectivity index (χ4v) is 3.76. The predicted octanol–water partition coefficient (Wildman–Crippen LogP) is 3.75. The Bertz CT molecular complexity index is 857. The van der Waals surface area contributed by atoms with Crippen LogP contribution < -0.4 is 10.1 Å². The zero-order valence-electron chi connectivity index (χ0n) is 15.0. The number of aromatic amines is 1. The molecular weight excluding hydrogens is 324 g/mol. The average molecular weight is 350 g/mol. The summed E-state index contributed by atoms with van der Waals surface area (Å²) < 4.78 is 5.87. The van der Waals surface area contributed by atoms with Crippen LogP contribution in [0.1, 0.15) is 35.8 Å². The lowest BCUT2D eigenvalue weighted by Gasteiger charge is -2.12.